The summed E-state index contributed by atoms with van der Waals surface area (Å²) in [7, 11) is 1.38. The molecule has 2 amide bonds. The van der Waals surface area contributed by atoms with Gasteiger partial charge in [-0.2, -0.15) is 0 Å². The summed E-state index contributed by atoms with van der Waals surface area (Å²) in [5.41, 5.74) is -0.0617. The molecule has 0 radical (unpaired) electrons. The smallest absolute Gasteiger partial charge is 0.254 e. The van der Waals surface area contributed by atoms with Crippen molar-refractivity contribution in [3.8, 4) is 0 Å². The second kappa shape index (κ2) is 7.74. The molecule has 2 atom stereocenters. The monoisotopic (exact) mass is 414 g/mol. The Morgan fingerprint density at radius 1 is 1.30 bits per heavy atom. The quantitative estimate of drug-likeness (QED) is 0.812. The van der Waals surface area contributed by atoms with E-state index >= 15 is 0 Å². The Hall–Kier alpha value is -2.32. The molecule has 0 saturated heterocycles. The number of aromatic nitrogens is 2. The highest BCUT2D eigenvalue weighted by molar-refractivity contribution is 6.31. The summed E-state index contributed by atoms with van der Waals surface area (Å²) in [6.07, 6.45) is 1.55. The zero-order valence-electron chi connectivity index (χ0n) is 14.0. The van der Waals surface area contributed by atoms with E-state index in [-0.39, 0.29) is 35.1 Å². The maximum atomic E-state index is 14.4. The van der Waals surface area contributed by atoms with Crippen molar-refractivity contribution < 1.29 is 18.4 Å². The number of rotatable bonds is 5. The van der Waals surface area contributed by atoms with Crippen LogP contribution in [-0.4, -0.2) is 46.4 Å². The number of hydrogen-bond donors (Lipinski definition) is 1. The number of alkyl halides is 1. The number of likely N-dealkylation sites (N-methyl/N-ethyl adjacent to an activating group) is 1. The van der Waals surface area contributed by atoms with Gasteiger partial charge in [0.25, 0.3) is 5.91 Å². The fourth-order valence-electron chi connectivity index (χ4n) is 2.61. The zero-order chi connectivity index (χ0) is 19.7. The van der Waals surface area contributed by atoms with Crippen molar-refractivity contribution in [1.29, 1.82) is 0 Å². The fourth-order valence-corrected chi connectivity index (χ4v) is 2.87. The van der Waals surface area contributed by atoms with E-state index in [1.54, 1.807) is 0 Å². The molecule has 27 heavy (non-hydrogen) atoms. The molecule has 10 heteroatoms. The molecule has 1 saturated carbocycles. The summed E-state index contributed by atoms with van der Waals surface area (Å²) in [4.78, 5) is 33.5. The summed E-state index contributed by atoms with van der Waals surface area (Å²) >= 11 is 11.4. The first kappa shape index (κ1) is 19.4. The van der Waals surface area contributed by atoms with Gasteiger partial charge in [0.15, 0.2) is 0 Å². The normalized spacial score (nSPS) is 18.1. The van der Waals surface area contributed by atoms with Crippen molar-refractivity contribution in [1.82, 2.24) is 14.9 Å². The first-order chi connectivity index (χ1) is 12.8. The third kappa shape index (κ3) is 4.33. The molecule has 1 aliphatic rings. The summed E-state index contributed by atoms with van der Waals surface area (Å²) in [6, 6.07) is 2.57. The number of nitrogens with one attached hydrogen (secondary N) is 1. The predicted octanol–water partition coefficient (Wildman–Crippen LogP) is 3.46. The largest absolute Gasteiger partial charge is 0.332 e. The van der Waals surface area contributed by atoms with Crippen molar-refractivity contribution in [3.05, 3.63) is 51.5 Å². The molecule has 1 aromatic heterocycles. The average Bonchev–Trinajstić information content (AvgIpc) is 3.34. The number of amides is 2. The van der Waals surface area contributed by atoms with Crippen LogP contribution in [-0.2, 0) is 4.79 Å². The second-order valence-electron chi connectivity index (χ2n) is 6.12. The van der Waals surface area contributed by atoms with Crippen LogP contribution < -0.4 is 5.32 Å². The molecule has 0 bridgehead atoms. The van der Waals surface area contributed by atoms with Gasteiger partial charge < -0.3 is 4.90 Å². The minimum absolute atomic E-state index is 0.0138. The van der Waals surface area contributed by atoms with Gasteiger partial charge in [0.05, 0.1) is 29.0 Å². The van der Waals surface area contributed by atoms with Crippen molar-refractivity contribution >= 4 is 41.0 Å². The molecule has 0 spiro atoms. The zero-order valence-corrected chi connectivity index (χ0v) is 15.6. The first-order valence-corrected chi connectivity index (χ1v) is 8.68. The minimum Gasteiger partial charge on any atom is -0.332 e. The molecule has 1 aliphatic carbocycles. The van der Waals surface area contributed by atoms with Crippen LogP contribution in [0.4, 0.5) is 14.7 Å². The van der Waals surface area contributed by atoms with Gasteiger partial charge in [-0.25, -0.2) is 18.7 Å². The fraction of sp³-hybridized carbons (Fsp3) is 0.294. The summed E-state index contributed by atoms with van der Waals surface area (Å²) < 4.78 is 27.8. The Morgan fingerprint density at radius 3 is 2.52 bits per heavy atom. The van der Waals surface area contributed by atoms with E-state index in [0.717, 1.165) is 4.90 Å². The number of anilines is 1. The van der Waals surface area contributed by atoms with Crippen molar-refractivity contribution in [2.75, 3.05) is 18.9 Å². The van der Waals surface area contributed by atoms with E-state index in [9.17, 15) is 18.4 Å². The lowest BCUT2D eigenvalue weighted by atomic mass is 10.0. The van der Waals surface area contributed by atoms with Gasteiger partial charge in [-0.3, -0.25) is 14.9 Å². The average molecular weight is 415 g/mol. The van der Waals surface area contributed by atoms with Crippen LogP contribution in [0.2, 0.25) is 10.0 Å². The maximum absolute atomic E-state index is 14.4. The SMILES string of the molecule is CN(CC(=O)Nc1ncc(Cl)cn1)C(=O)c1ccc(Cl)c(F)c1C1CC1F. The highest BCUT2D eigenvalue weighted by Gasteiger charge is 2.43. The lowest BCUT2D eigenvalue weighted by molar-refractivity contribution is -0.116. The van der Waals surface area contributed by atoms with E-state index in [1.165, 1.54) is 31.6 Å². The number of nitrogens with zero attached hydrogens (tertiary/aromatic N) is 3. The van der Waals surface area contributed by atoms with E-state index < -0.39 is 29.7 Å². The van der Waals surface area contributed by atoms with Crippen LogP contribution in [0.15, 0.2) is 24.5 Å². The van der Waals surface area contributed by atoms with Crippen molar-refractivity contribution in [2.45, 2.75) is 18.5 Å². The van der Waals surface area contributed by atoms with Gasteiger partial charge in [0.1, 0.15) is 12.0 Å². The standard InChI is InChI=1S/C17H14Cl2F2N4O2/c1-25(7-13(26)24-17-22-5-8(18)6-23-17)16(27)9-2-3-11(19)15(21)14(9)10-4-12(10)20/h2-3,5-6,10,12H,4,7H2,1H3,(H,22,23,24,26). The maximum Gasteiger partial charge on any atom is 0.254 e. The van der Waals surface area contributed by atoms with Crippen LogP contribution in [0.1, 0.15) is 28.3 Å². The number of halogens is 4. The third-order valence-corrected chi connectivity index (χ3v) is 4.53. The molecule has 2 unspecified atom stereocenters. The van der Waals surface area contributed by atoms with Gasteiger partial charge in [0.2, 0.25) is 11.9 Å². The van der Waals surface area contributed by atoms with Gasteiger partial charge >= 0.3 is 0 Å². The van der Waals surface area contributed by atoms with E-state index in [2.05, 4.69) is 15.3 Å². The van der Waals surface area contributed by atoms with Gasteiger partial charge in [-0.15, -0.1) is 0 Å². The Kier molecular flexibility index (Phi) is 5.57. The lowest BCUT2D eigenvalue weighted by Gasteiger charge is -2.19. The summed E-state index contributed by atoms with van der Waals surface area (Å²) in [6.45, 7) is -0.335. The number of carbonyl (C=O) groups is 2. The molecular formula is C17H14Cl2F2N4O2. The molecule has 6 nitrogen and oxygen atoms in total. The highest BCUT2D eigenvalue weighted by atomic mass is 35.5. The molecule has 2 aromatic rings. The Bertz CT molecular complexity index is 895. The Labute approximate surface area is 163 Å². The van der Waals surface area contributed by atoms with Crippen LogP contribution in [0, 0.1) is 5.82 Å². The minimum atomic E-state index is -1.21. The van der Waals surface area contributed by atoms with E-state index in [0.29, 0.717) is 5.02 Å². The van der Waals surface area contributed by atoms with Gasteiger partial charge in [-0.05, 0) is 18.6 Å². The molecule has 1 aromatic carbocycles. The first-order valence-electron chi connectivity index (χ1n) is 7.92. The number of hydrogen-bond acceptors (Lipinski definition) is 4. The van der Waals surface area contributed by atoms with Gasteiger partial charge in [0, 0.05) is 24.1 Å². The predicted molar refractivity (Wildman–Crippen MR) is 96.3 cm³/mol. The molecule has 3 rings (SSSR count). The molecule has 1 fully saturated rings. The van der Waals surface area contributed by atoms with E-state index in [1.807, 2.05) is 0 Å². The van der Waals surface area contributed by atoms with Crippen LogP contribution >= 0.6 is 23.2 Å². The molecule has 1 heterocycles. The van der Waals surface area contributed by atoms with Crippen LogP contribution in [0.5, 0.6) is 0 Å². The van der Waals surface area contributed by atoms with E-state index in [4.69, 9.17) is 23.2 Å². The summed E-state index contributed by atoms with van der Waals surface area (Å²) in [5.74, 6) is -2.65. The number of benzene rings is 1. The van der Waals surface area contributed by atoms with Crippen molar-refractivity contribution in [3.63, 3.8) is 0 Å². The van der Waals surface area contributed by atoms with Crippen molar-refractivity contribution in [2.24, 2.45) is 0 Å². The molecule has 0 aliphatic heterocycles. The highest BCUT2D eigenvalue weighted by Crippen LogP contribution is 2.47. The molecular weight excluding hydrogens is 401 g/mol. The second-order valence-corrected chi connectivity index (χ2v) is 6.96. The third-order valence-electron chi connectivity index (χ3n) is 4.05. The Balaban J connectivity index is 1.73. The molecule has 142 valence electrons. The Morgan fingerprint density at radius 2 is 1.93 bits per heavy atom. The summed E-state index contributed by atoms with van der Waals surface area (Å²) in [5, 5.41) is 2.54. The number of carbonyl (C=O) groups excluding carboxylic acids is 2. The van der Waals surface area contributed by atoms with Gasteiger partial charge in [-0.1, -0.05) is 23.2 Å². The van der Waals surface area contributed by atoms with Crippen LogP contribution in [0.3, 0.4) is 0 Å². The molecule has 1 N–H and O–H groups in total. The van der Waals surface area contributed by atoms with Crippen LogP contribution in [0.25, 0.3) is 0 Å². The lowest BCUT2D eigenvalue weighted by Crippen LogP contribution is -2.35. The topological polar surface area (TPSA) is 75.2 Å².